The maximum Gasteiger partial charge on any atom is 0.135 e. The van der Waals surface area contributed by atoms with Gasteiger partial charge in [0, 0.05) is 43.7 Å². The summed E-state index contributed by atoms with van der Waals surface area (Å²) < 4.78 is 11.0. The highest BCUT2D eigenvalue weighted by molar-refractivity contribution is 6.15. The molecule has 0 radical (unpaired) electrons. The lowest BCUT2D eigenvalue weighted by atomic mass is 10.00. The van der Waals surface area contributed by atoms with Crippen molar-refractivity contribution in [3.63, 3.8) is 0 Å². The lowest BCUT2D eigenvalue weighted by Crippen LogP contribution is -1.94. The first-order valence-corrected chi connectivity index (χ1v) is 18.8. The van der Waals surface area contributed by atoms with Crippen LogP contribution in [0.3, 0.4) is 0 Å². The van der Waals surface area contributed by atoms with Crippen molar-refractivity contribution in [3.05, 3.63) is 194 Å². The molecule has 3 heteroatoms. The number of furan rings is 1. The molecule has 3 aromatic heterocycles. The van der Waals surface area contributed by atoms with E-state index in [4.69, 9.17) is 4.42 Å². The Labute approximate surface area is 316 Å². The van der Waals surface area contributed by atoms with Gasteiger partial charge >= 0.3 is 0 Å². The van der Waals surface area contributed by atoms with Gasteiger partial charge in [0.05, 0.1) is 22.1 Å². The van der Waals surface area contributed by atoms with Gasteiger partial charge in [0.1, 0.15) is 11.2 Å². The molecule has 0 aliphatic rings. The zero-order chi connectivity index (χ0) is 36.0. The third kappa shape index (κ3) is 4.57. The molecule has 0 unspecified atom stereocenters. The van der Waals surface area contributed by atoms with Crippen molar-refractivity contribution in [2.24, 2.45) is 0 Å². The monoisotopic (exact) mass is 700 g/mol. The van der Waals surface area contributed by atoms with Crippen LogP contribution in [0.4, 0.5) is 0 Å². The summed E-state index contributed by atoms with van der Waals surface area (Å²) >= 11 is 0. The molecule has 3 nitrogen and oxygen atoms in total. The highest BCUT2D eigenvalue weighted by atomic mass is 16.3. The summed E-state index contributed by atoms with van der Waals surface area (Å²) in [6.07, 6.45) is 0. The smallest absolute Gasteiger partial charge is 0.135 e. The van der Waals surface area contributed by atoms with E-state index in [1.807, 2.05) is 12.1 Å². The van der Waals surface area contributed by atoms with Crippen LogP contribution in [0.1, 0.15) is 0 Å². The molecule has 55 heavy (non-hydrogen) atoms. The Morgan fingerprint density at radius 2 is 0.836 bits per heavy atom. The lowest BCUT2D eigenvalue weighted by molar-refractivity contribution is 0.669. The maximum atomic E-state index is 6.18. The number of para-hydroxylation sites is 2. The van der Waals surface area contributed by atoms with Gasteiger partial charge in [-0.05, 0) is 112 Å². The van der Waals surface area contributed by atoms with Crippen LogP contribution in [-0.2, 0) is 0 Å². The normalized spacial score (nSPS) is 12.0. The van der Waals surface area contributed by atoms with Gasteiger partial charge in [-0.3, -0.25) is 0 Å². The van der Waals surface area contributed by atoms with E-state index in [2.05, 4.69) is 191 Å². The van der Waals surface area contributed by atoms with Crippen LogP contribution in [-0.4, -0.2) is 9.13 Å². The Morgan fingerprint density at radius 3 is 1.65 bits per heavy atom. The summed E-state index contributed by atoms with van der Waals surface area (Å²) in [6.45, 7) is 0. The topological polar surface area (TPSA) is 23.0 Å². The third-order valence-electron chi connectivity index (χ3n) is 11.5. The molecule has 0 N–H and O–H groups in total. The van der Waals surface area contributed by atoms with E-state index in [0.29, 0.717) is 0 Å². The molecule has 0 aliphatic carbocycles. The van der Waals surface area contributed by atoms with E-state index in [1.54, 1.807) is 0 Å². The second kappa shape index (κ2) is 11.6. The van der Waals surface area contributed by atoms with Crippen molar-refractivity contribution in [1.82, 2.24) is 9.13 Å². The predicted octanol–water partition coefficient (Wildman–Crippen LogP) is 14.3. The van der Waals surface area contributed by atoms with Gasteiger partial charge in [-0.1, -0.05) is 115 Å². The highest BCUT2D eigenvalue weighted by Crippen LogP contribution is 2.40. The molecular weight excluding hydrogens is 669 g/mol. The first-order chi connectivity index (χ1) is 27.2. The summed E-state index contributed by atoms with van der Waals surface area (Å²) in [5, 5.41) is 9.70. The maximum absolute atomic E-state index is 6.18. The van der Waals surface area contributed by atoms with Gasteiger partial charge in [-0.15, -0.1) is 0 Å². The van der Waals surface area contributed by atoms with Crippen molar-refractivity contribution in [2.75, 3.05) is 0 Å². The van der Waals surface area contributed by atoms with Crippen LogP contribution in [0.5, 0.6) is 0 Å². The second-order valence-corrected chi connectivity index (χ2v) is 14.6. The minimum Gasteiger partial charge on any atom is -0.456 e. The van der Waals surface area contributed by atoms with Crippen LogP contribution in [0, 0.1) is 0 Å². The zero-order valence-electron chi connectivity index (χ0n) is 29.8. The summed E-state index contributed by atoms with van der Waals surface area (Å²) in [5.41, 5.74) is 13.7. The number of fused-ring (bicyclic) bond motifs is 10. The first kappa shape index (κ1) is 30.1. The standard InChI is InChI=1S/C52H32N2O/c1-2-11-33(12-3-1)34-15-10-16-39(27-34)54-49-25-22-38(30-44(49)45-28-35-13-4-5-14-36(35)31-50(45)54)37-21-24-48-43(29-37)41-17-6-8-19-47(41)53(48)40-23-26-52-46(32-40)42-18-7-9-20-51(42)55-52/h1-32H. The molecule has 0 bridgehead atoms. The highest BCUT2D eigenvalue weighted by Gasteiger charge is 2.18. The van der Waals surface area contributed by atoms with Gasteiger partial charge in [0.2, 0.25) is 0 Å². The van der Waals surface area contributed by atoms with Gasteiger partial charge in [-0.2, -0.15) is 0 Å². The Hall–Kier alpha value is -7.36. The molecule has 3 heterocycles. The molecule has 12 rings (SSSR count). The molecule has 12 aromatic rings. The first-order valence-electron chi connectivity index (χ1n) is 18.8. The van der Waals surface area contributed by atoms with Crippen LogP contribution < -0.4 is 0 Å². The lowest BCUT2D eigenvalue weighted by Gasteiger charge is -2.11. The minimum absolute atomic E-state index is 0.904. The quantitative estimate of drug-likeness (QED) is 0.179. The molecule has 0 atom stereocenters. The Bertz CT molecular complexity index is 3490. The van der Waals surface area contributed by atoms with Crippen LogP contribution in [0.15, 0.2) is 199 Å². The summed E-state index contributed by atoms with van der Waals surface area (Å²) in [4.78, 5) is 0. The second-order valence-electron chi connectivity index (χ2n) is 14.6. The number of benzene rings is 9. The Morgan fingerprint density at radius 1 is 0.273 bits per heavy atom. The van der Waals surface area contributed by atoms with Crippen molar-refractivity contribution in [3.8, 4) is 33.6 Å². The van der Waals surface area contributed by atoms with Crippen LogP contribution >= 0.6 is 0 Å². The number of hydrogen-bond donors (Lipinski definition) is 0. The van der Waals surface area contributed by atoms with Crippen molar-refractivity contribution in [1.29, 1.82) is 0 Å². The van der Waals surface area contributed by atoms with Gasteiger partial charge in [-0.25, -0.2) is 0 Å². The molecule has 256 valence electrons. The Kier molecular flexibility index (Phi) is 6.34. The molecule has 0 aliphatic heterocycles. The molecule has 0 saturated carbocycles. The summed E-state index contributed by atoms with van der Waals surface area (Å²) in [7, 11) is 0. The van der Waals surface area contributed by atoms with E-state index in [1.165, 1.54) is 76.6 Å². The fraction of sp³-hybridized carbons (Fsp3) is 0. The largest absolute Gasteiger partial charge is 0.456 e. The van der Waals surface area contributed by atoms with Crippen LogP contribution in [0.25, 0.3) is 110 Å². The molecular formula is C52H32N2O. The fourth-order valence-corrected chi connectivity index (χ4v) is 8.90. The zero-order valence-corrected chi connectivity index (χ0v) is 29.8. The van der Waals surface area contributed by atoms with Gasteiger partial charge in [0.15, 0.2) is 0 Å². The summed E-state index contributed by atoms with van der Waals surface area (Å²) in [5.74, 6) is 0. The van der Waals surface area contributed by atoms with Crippen LogP contribution in [0.2, 0.25) is 0 Å². The van der Waals surface area contributed by atoms with Gasteiger partial charge in [0.25, 0.3) is 0 Å². The van der Waals surface area contributed by atoms with E-state index >= 15 is 0 Å². The van der Waals surface area contributed by atoms with Crippen molar-refractivity contribution >= 4 is 76.3 Å². The number of aromatic nitrogens is 2. The molecule has 0 amide bonds. The Balaban J connectivity index is 1.05. The number of nitrogens with zero attached hydrogens (tertiary/aromatic N) is 2. The van der Waals surface area contributed by atoms with E-state index in [-0.39, 0.29) is 0 Å². The molecule has 0 fully saturated rings. The van der Waals surface area contributed by atoms with E-state index in [0.717, 1.165) is 33.3 Å². The average molecular weight is 701 g/mol. The third-order valence-corrected chi connectivity index (χ3v) is 11.5. The van der Waals surface area contributed by atoms with E-state index < -0.39 is 0 Å². The predicted molar refractivity (Wildman–Crippen MR) is 231 cm³/mol. The SMILES string of the molecule is c1ccc(-c2cccc(-n3c4ccc(-c5ccc6c(c5)c5ccccc5n6-c5ccc6oc7ccccc7c6c5)cc4c4cc5ccccc5cc43)c2)cc1. The average Bonchev–Trinajstić information content (AvgIpc) is 3.89. The molecule has 0 saturated heterocycles. The van der Waals surface area contributed by atoms with Crippen molar-refractivity contribution < 1.29 is 4.42 Å². The van der Waals surface area contributed by atoms with E-state index in [9.17, 15) is 0 Å². The molecule has 0 spiro atoms. The molecule has 9 aromatic carbocycles. The minimum atomic E-state index is 0.904. The fourth-order valence-electron chi connectivity index (χ4n) is 8.90. The number of rotatable bonds is 4. The summed E-state index contributed by atoms with van der Waals surface area (Å²) in [6, 6.07) is 70.5. The number of hydrogen-bond acceptors (Lipinski definition) is 1. The van der Waals surface area contributed by atoms with Gasteiger partial charge < -0.3 is 13.6 Å². The van der Waals surface area contributed by atoms with Crippen molar-refractivity contribution in [2.45, 2.75) is 0 Å².